The maximum Gasteiger partial charge on any atom is 0.265 e. The summed E-state index contributed by atoms with van der Waals surface area (Å²) >= 11 is 1.35. The van der Waals surface area contributed by atoms with Crippen LogP contribution in [0.3, 0.4) is 0 Å². The molecule has 2 amide bonds. The van der Waals surface area contributed by atoms with Gasteiger partial charge in [-0.1, -0.05) is 6.07 Å². The molecule has 2 aromatic carbocycles. The molecule has 0 saturated carbocycles. The van der Waals surface area contributed by atoms with Gasteiger partial charge in [-0.05, 0) is 72.8 Å². The van der Waals surface area contributed by atoms with E-state index in [0.717, 1.165) is 12.1 Å². The monoisotopic (exact) mass is 487 g/mol. The predicted molar refractivity (Wildman–Crippen MR) is 125 cm³/mol. The number of nitrogens with one attached hydrogen (secondary N) is 2. The molecule has 0 aliphatic carbocycles. The normalized spacial score (nSPS) is 15.2. The first-order chi connectivity index (χ1) is 15.8. The van der Waals surface area contributed by atoms with Crippen molar-refractivity contribution in [1.82, 2.24) is 4.31 Å². The van der Waals surface area contributed by atoms with Gasteiger partial charge >= 0.3 is 0 Å². The quantitative estimate of drug-likeness (QED) is 0.545. The highest BCUT2D eigenvalue weighted by molar-refractivity contribution is 7.89. The zero-order valence-corrected chi connectivity index (χ0v) is 19.2. The molecule has 0 atom stereocenters. The standard InChI is InChI=1S/C23H22FN3O4S2/c24-17-3-9-20(10-4-17)33(30,31)27-13-11-16(12-14-27)22(28)25-18-5-7-19(8-6-18)26-23(29)21-2-1-15-32-21/h1-10,15-16H,11-14H2,(H,25,28)(H,26,29). The molecule has 1 aliphatic rings. The molecule has 1 fully saturated rings. The van der Waals surface area contributed by atoms with E-state index in [-0.39, 0.29) is 35.7 Å². The number of sulfonamides is 1. The number of hydrogen-bond donors (Lipinski definition) is 2. The van der Waals surface area contributed by atoms with Gasteiger partial charge in [0.25, 0.3) is 5.91 Å². The van der Waals surface area contributed by atoms with Crippen LogP contribution in [0.1, 0.15) is 22.5 Å². The number of carbonyl (C=O) groups is 2. The van der Waals surface area contributed by atoms with Crippen LogP contribution in [-0.4, -0.2) is 37.6 Å². The van der Waals surface area contributed by atoms with E-state index in [1.807, 2.05) is 5.38 Å². The summed E-state index contributed by atoms with van der Waals surface area (Å²) in [7, 11) is -3.72. The summed E-state index contributed by atoms with van der Waals surface area (Å²) in [5.41, 5.74) is 1.21. The number of thiophene rings is 1. The Morgan fingerprint density at radius 1 is 0.909 bits per heavy atom. The van der Waals surface area contributed by atoms with Crippen LogP contribution >= 0.6 is 11.3 Å². The van der Waals surface area contributed by atoms with Crippen LogP contribution in [0.2, 0.25) is 0 Å². The van der Waals surface area contributed by atoms with Crippen molar-refractivity contribution in [3.8, 4) is 0 Å². The lowest BCUT2D eigenvalue weighted by Crippen LogP contribution is -2.41. The molecular formula is C23H22FN3O4S2. The van der Waals surface area contributed by atoms with Crippen molar-refractivity contribution in [2.24, 2.45) is 5.92 Å². The van der Waals surface area contributed by atoms with Crippen LogP contribution in [0.5, 0.6) is 0 Å². The molecule has 0 spiro atoms. The van der Waals surface area contributed by atoms with E-state index in [0.29, 0.717) is 29.1 Å². The van der Waals surface area contributed by atoms with E-state index in [1.54, 1.807) is 36.4 Å². The highest BCUT2D eigenvalue weighted by atomic mass is 32.2. The van der Waals surface area contributed by atoms with Crippen molar-refractivity contribution in [3.05, 3.63) is 76.7 Å². The van der Waals surface area contributed by atoms with Gasteiger partial charge < -0.3 is 10.6 Å². The number of halogens is 1. The molecular weight excluding hydrogens is 465 g/mol. The van der Waals surface area contributed by atoms with Crippen LogP contribution < -0.4 is 10.6 Å². The predicted octanol–water partition coefficient (Wildman–Crippen LogP) is 4.18. The molecule has 3 aromatic rings. The van der Waals surface area contributed by atoms with Gasteiger partial charge in [-0.15, -0.1) is 11.3 Å². The highest BCUT2D eigenvalue weighted by Gasteiger charge is 2.32. The zero-order valence-electron chi connectivity index (χ0n) is 17.5. The zero-order chi connectivity index (χ0) is 23.4. The van der Waals surface area contributed by atoms with E-state index < -0.39 is 15.8 Å². The first-order valence-electron chi connectivity index (χ1n) is 10.3. The number of piperidine rings is 1. The highest BCUT2D eigenvalue weighted by Crippen LogP contribution is 2.25. The number of amides is 2. The minimum absolute atomic E-state index is 0.0399. The third-order valence-corrected chi connectivity index (χ3v) is 8.21. The Kier molecular flexibility index (Phi) is 6.87. The van der Waals surface area contributed by atoms with Crippen LogP contribution in [0.25, 0.3) is 0 Å². The minimum atomic E-state index is -3.72. The second kappa shape index (κ2) is 9.82. The summed E-state index contributed by atoms with van der Waals surface area (Å²) in [6, 6.07) is 15.1. The lowest BCUT2D eigenvalue weighted by Gasteiger charge is -2.30. The van der Waals surface area contributed by atoms with Crippen molar-refractivity contribution in [2.45, 2.75) is 17.7 Å². The smallest absolute Gasteiger partial charge is 0.265 e. The van der Waals surface area contributed by atoms with E-state index in [1.165, 1.54) is 27.8 Å². The van der Waals surface area contributed by atoms with Crippen LogP contribution in [0.15, 0.2) is 70.9 Å². The fourth-order valence-corrected chi connectivity index (χ4v) is 5.68. The molecule has 2 N–H and O–H groups in total. The second-order valence-corrected chi connectivity index (χ2v) is 10.5. The van der Waals surface area contributed by atoms with Crippen LogP contribution in [0, 0.1) is 11.7 Å². The van der Waals surface area contributed by atoms with Gasteiger partial charge in [0, 0.05) is 30.4 Å². The Hall–Kier alpha value is -3.08. The molecule has 2 heterocycles. The number of anilines is 2. The molecule has 0 radical (unpaired) electrons. The first kappa shape index (κ1) is 23.1. The molecule has 0 unspecified atom stereocenters. The molecule has 0 bridgehead atoms. The Bertz CT molecular complexity index is 1220. The van der Waals surface area contributed by atoms with Crippen molar-refractivity contribution < 1.29 is 22.4 Å². The average Bonchev–Trinajstić information content (AvgIpc) is 3.36. The van der Waals surface area contributed by atoms with Crippen molar-refractivity contribution in [1.29, 1.82) is 0 Å². The third kappa shape index (κ3) is 5.47. The largest absolute Gasteiger partial charge is 0.326 e. The number of rotatable bonds is 6. The van der Waals surface area contributed by atoms with Crippen molar-refractivity contribution in [2.75, 3.05) is 23.7 Å². The molecule has 4 rings (SSSR count). The Balaban J connectivity index is 1.30. The van der Waals surface area contributed by atoms with Gasteiger partial charge in [-0.3, -0.25) is 9.59 Å². The van der Waals surface area contributed by atoms with Gasteiger partial charge in [0.15, 0.2) is 0 Å². The Labute approximate surface area is 195 Å². The van der Waals surface area contributed by atoms with Gasteiger partial charge in [0.2, 0.25) is 15.9 Å². The number of carbonyl (C=O) groups excluding carboxylic acids is 2. The molecule has 1 aromatic heterocycles. The average molecular weight is 488 g/mol. The maximum absolute atomic E-state index is 13.1. The number of hydrogen-bond acceptors (Lipinski definition) is 5. The topological polar surface area (TPSA) is 95.6 Å². The molecule has 33 heavy (non-hydrogen) atoms. The van der Waals surface area contributed by atoms with Crippen LogP contribution in [0.4, 0.5) is 15.8 Å². The molecule has 7 nitrogen and oxygen atoms in total. The van der Waals surface area contributed by atoms with Gasteiger partial charge in [-0.2, -0.15) is 4.31 Å². The summed E-state index contributed by atoms with van der Waals surface area (Å²) in [6.45, 7) is 0.428. The summed E-state index contributed by atoms with van der Waals surface area (Å²) < 4.78 is 39.9. The van der Waals surface area contributed by atoms with Crippen molar-refractivity contribution >= 4 is 44.5 Å². The second-order valence-electron chi connectivity index (χ2n) is 7.63. The number of benzene rings is 2. The lowest BCUT2D eigenvalue weighted by atomic mass is 9.97. The van der Waals surface area contributed by atoms with Gasteiger partial charge in [0.1, 0.15) is 5.82 Å². The first-order valence-corrected chi connectivity index (χ1v) is 12.7. The summed E-state index contributed by atoms with van der Waals surface area (Å²) in [5, 5.41) is 7.48. The fraction of sp³-hybridized carbons (Fsp3) is 0.217. The summed E-state index contributed by atoms with van der Waals surface area (Å²) in [6.07, 6.45) is 0.780. The fourth-order valence-electron chi connectivity index (χ4n) is 3.60. The SMILES string of the molecule is O=C(Nc1ccc(NC(=O)C2CCN(S(=O)(=O)c3ccc(F)cc3)CC2)cc1)c1cccs1. The Morgan fingerprint density at radius 2 is 1.52 bits per heavy atom. The van der Waals surface area contributed by atoms with E-state index in [4.69, 9.17) is 0 Å². The van der Waals surface area contributed by atoms with Crippen LogP contribution in [-0.2, 0) is 14.8 Å². The molecule has 1 aliphatic heterocycles. The Morgan fingerprint density at radius 3 is 2.09 bits per heavy atom. The number of nitrogens with zero attached hydrogens (tertiary/aromatic N) is 1. The van der Waals surface area contributed by atoms with E-state index in [9.17, 15) is 22.4 Å². The van der Waals surface area contributed by atoms with Gasteiger partial charge in [0.05, 0.1) is 9.77 Å². The van der Waals surface area contributed by atoms with E-state index in [2.05, 4.69) is 10.6 Å². The van der Waals surface area contributed by atoms with E-state index >= 15 is 0 Å². The molecule has 10 heteroatoms. The maximum atomic E-state index is 13.1. The third-order valence-electron chi connectivity index (χ3n) is 5.43. The van der Waals surface area contributed by atoms with Crippen molar-refractivity contribution in [3.63, 3.8) is 0 Å². The summed E-state index contributed by atoms with van der Waals surface area (Å²) in [4.78, 5) is 25.4. The molecule has 1 saturated heterocycles. The molecule has 172 valence electrons. The minimum Gasteiger partial charge on any atom is -0.326 e. The van der Waals surface area contributed by atoms with Gasteiger partial charge in [-0.25, -0.2) is 12.8 Å². The lowest BCUT2D eigenvalue weighted by molar-refractivity contribution is -0.120. The summed E-state index contributed by atoms with van der Waals surface area (Å²) in [5.74, 6) is -1.18.